The molecule has 0 unspecified atom stereocenters. The van der Waals surface area contributed by atoms with Crippen LogP contribution >= 0.6 is 0 Å². The van der Waals surface area contributed by atoms with Crippen LogP contribution in [0, 0.1) is 13.8 Å². The fraction of sp³-hybridized carbons (Fsp3) is 0.409. The molecule has 4 rings (SSSR count). The summed E-state index contributed by atoms with van der Waals surface area (Å²) >= 11 is 0. The van der Waals surface area contributed by atoms with E-state index < -0.39 is 0 Å². The maximum absolute atomic E-state index is 4.12. The van der Waals surface area contributed by atoms with Crippen molar-refractivity contribution in [2.24, 2.45) is 0 Å². The van der Waals surface area contributed by atoms with E-state index in [2.05, 4.69) is 63.9 Å². The Hall–Kier alpha value is -2.17. The number of nitrogens with zero attached hydrogens (tertiary/aromatic N) is 3. The highest BCUT2D eigenvalue weighted by Gasteiger charge is 2.17. The Labute approximate surface area is 155 Å². The van der Waals surface area contributed by atoms with Gasteiger partial charge in [0.2, 0.25) is 0 Å². The number of aromatic amines is 1. The molecule has 1 aliphatic rings. The molecule has 26 heavy (non-hydrogen) atoms. The van der Waals surface area contributed by atoms with Crippen LogP contribution in [0.1, 0.15) is 28.8 Å². The van der Waals surface area contributed by atoms with Crippen LogP contribution in [0.5, 0.6) is 0 Å². The molecule has 1 fully saturated rings. The maximum Gasteiger partial charge on any atom is 0.0504 e. The number of fused-ring (bicyclic) bond motifs is 1. The van der Waals surface area contributed by atoms with Gasteiger partial charge < -0.3 is 4.98 Å². The van der Waals surface area contributed by atoms with Crippen LogP contribution in [0.3, 0.4) is 0 Å². The summed E-state index contributed by atoms with van der Waals surface area (Å²) in [5.41, 5.74) is 6.75. The largest absolute Gasteiger partial charge is 0.358 e. The second-order valence-corrected chi connectivity index (χ2v) is 7.48. The lowest BCUT2D eigenvalue weighted by Crippen LogP contribution is -2.30. The monoisotopic (exact) mass is 348 g/mol. The van der Waals surface area contributed by atoms with Crippen molar-refractivity contribution in [3.05, 3.63) is 65.1 Å². The van der Waals surface area contributed by atoms with E-state index in [-0.39, 0.29) is 0 Å². The molecule has 136 valence electrons. The van der Waals surface area contributed by atoms with E-state index >= 15 is 0 Å². The number of aryl methyl sites for hydroxylation is 2. The molecule has 1 N–H and O–H groups in total. The molecule has 0 aliphatic carbocycles. The summed E-state index contributed by atoms with van der Waals surface area (Å²) in [6.45, 7) is 11.0. The topological polar surface area (TPSA) is 35.2 Å². The Morgan fingerprint density at radius 1 is 0.923 bits per heavy atom. The van der Waals surface area contributed by atoms with Gasteiger partial charge in [-0.2, -0.15) is 0 Å². The highest BCUT2D eigenvalue weighted by molar-refractivity contribution is 5.87. The van der Waals surface area contributed by atoms with Gasteiger partial charge in [0, 0.05) is 49.7 Å². The third kappa shape index (κ3) is 3.67. The van der Waals surface area contributed by atoms with Crippen molar-refractivity contribution in [3.63, 3.8) is 0 Å². The Balaban J connectivity index is 1.43. The zero-order valence-electron chi connectivity index (χ0n) is 15.8. The van der Waals surface area contributed by atoms with Gasteiger partial charge in [0.15, 0.2) is 0 Å². The summed E-state index contributed by atoms with van der Waals surface area (Å²) in [5.74, 6) is 0. The van der Waals surface area contributed by atoms with Crippen LogP contribution in [0.2, 0.25) is 0 Å². The van der Waals surface area contributed by atoms with E-state index in [1.54, 1.807) is 0 Å². The molecule has 0 spiro atoms. The summed E-state index contributed by atoms with van der Waals surface area (Å²) in [4.78, 5) is 12.9. The second-order valence-electron chi connectivity index (χ2n) is 7.48. The number of H-pyrrole nitrogens is 1. The van der Waals surface area contributed by atoms with Crippen molar-refractivity contribution in [1.29, 1.82) is 0 Å². The predicted molar refractivity (Wildman–Crippen MR) is 107 cm³/mol. The molecule has 1 saturated heterocycles. The van der Waals surface area contributed by atoms with Gasteiger partial charge in [-0.05, 0) is 62.2 Å². The Bertz CT molecular complexity index is 868. The quantitative estimate of drug-likeness (QED) is 0.777. The van der Waals surface area contributed by atoms with Crippen LogP contribution in [0.4, 0.5) is 0 Å². The normalized spacial score (nSPS) is 16.8. The first-order valence-electron chi connectivity index (χ1n) is 9.61. The standard InChI is InChI=1S/C22H28N4/c1-17-18(2)24-22-20(5-3-6-21(17)22)16-26-12-4-11-25(13-14-26)15-19-7-9-23-10-8-19/h3,5-10,24H,4,11-16H2,1-2H3. The summed E-state index contributed by atoms with van der Waals surface area (Å²) < 4.78 is 0. The number of hydrogen-bond donors (Lipinski definition) is 1. The minimum Gasteiger partial charge on any atom is -0.358 e. The molecule has 0 amide bonds. The number of hydrogen-bond acceptors (Lipinski definition) is 3. The van der Waals surface area contributed by atoms with Crippen LogP contribution in [-0.4, -0.2) is 45.9 Å². The van der Waals surface area contributed by atoms with Crippen LogP contribution in [0.25, 0.3) is 10.9 Å². The summed E-state index contributed by atoms with van der Waals surface area (Å²) in [5, 5.41) is 1.37. The molecule has 1 aromatic carbocycles. The van der Waals surface area contributed by atoms with Gasteiger partial charge in [-0.3, -0.25) is 14.8 Å². The van der Waals surface area contributed by atoms with Crippen molar-refractivity contribution in [1.82, 2.24) is 19.8 Å². The molecular weight excluding hydrogens is 320 g/mol. The smallest absolute Gasteiger partial charge is 0.0504 e. The van der Waals surface area contributed by atoms with E-state index in [1.165, 1.54) is 52.8 Å². The lowest BCUT2D eigenvalue weighted by atomic mass is 10.1. The maximum atomic E-state index is 4.12. The first-order valence-corrected chi connectivity index (χ1v) is 9.61. The number of pyridine rings is 1. The third-order valence-corrected chi connectivity index (χ3v) is 5.66. The average Bonchev–Trinajstić information content (AvgIpc) is 2.82. The fourth-order valence-electron chi connectivity index (χ4n) is 4.00. The van der Waals surface area contributed by atoms with Crippen LogP contribution in [-0.2, 0) is 13.1 Å². The zero-order valence-corrected chi connectivity index (χ0v) is 15.8. The summed E-state index contributed by atoms with van der Waals surface area (Å²) in [6, 6.07) is 11.0. The lowest BCUT2D eigenvalue weighted by molar-refractivity contribution is 0.247. The first-order chi connectivity index (χ1) is 12.7. The number of aromatic nitrogens is 2. The van der Waals surface area contributed by atoms with Gasteiger partial charge in [0.25, 0.3) is 0 Å². The Morgan fingerprint density at radius 2 is 1.65 bits per heavy atom. The van der Waals surface area contributed by atoms with Gasteiger partial charge in [0.1, 0.15) is 0 Å². The van der Waals surface area contributed by atoms with Crippen molar-refractivity contribution in [2.75, 3.05) is 26.2 Å². The van der Waals surface area contributed by atoms with E-state index in [4.69, 9.17) is 0 Å². The average molecular weight is 348 g/mol. The van der Waals surface area contributed by atoms with Crippen molar-refractivity contribution in [2.45, 2.75) is 33.4 Å². The molecule has 0 saturated carbocycles. The Kier molecular flexibility index (Phi) is 5.05. The molecule has 4 heteroatoms. The molecule has 3 heterocycles. The minimum atomic E-state index is 1.03. The highest BCUT2D eigenvalue weighted by Crippen LogP contribution is 2.25. The molecule has 0 bridgehead atoms. The number of nitrogens with one attached hydrogen (secondary N) is 1. The fourth-order valence-corrected chi connectivity index (χ4v) is 4.00. The zero-order chi connectivity index (χ0) is 17.9. The molecule has 2 aromatic heterocycles. The van der Waals surface area contributed by atoms with E-state index in [1.807, 2.05) is 12.4 Å². The molecule has 3 aromatic rings. The van der Waals surface area contributed by atoms with Gasteiger partial charge in [-0.15, -0.1) is 0 Å². The molecule has 0 atom stereocenters. The van der Waals surface area contributed by atoms with E-state index in [0.29, 0.717) is 0 Å². The third-order valence-electron chi connectivity index (χ3n) is 5.66. The van der Waals surface area contributed by atoms with Crippen LogP contribution < -0.4 is 0 Å². The van der Waals surface area contributed by atoms with Gasteiger partial charge >= 0.3 is 0 Å². The van der Waals surface area contributed by atoms with Crippen molar-refractivity contribution >= 4 is 10.9 Å². The second kappa shape index (κ2) is 7.60. The van der Waals surface area contributed by atoms with Gasteiger partial charge in [0.05, 0.1) is 5.52 Å². The highest BCUT2D eigenvalue weighted by atomic mass is 15.2. The molecular formula is C22H28N4. The van der Waals surface area contributed by atoms with E-state index in [9.17, 15) is 0 Å². The summed E-state index contributed by atoms with van der Waals surface area (Å²) in [7, 11) is 0. The number of benzene rings is 1. The SMILES string of the molecule is Cc1[nH]c2c(CN3CCCN(Cc4ccncc4)CC3)cccc2c1C. The Morgan fingerprint density at radius 3 is 2.42 bits per heavy atom. The molecule has 0 radical (unpaired) electrons. The van der Waals surface area contributed by atoms with Gasteiger partial charge in [-0.25, -0.2) is 0 Å². The van der Waals surface area contributed by atoms with Crippen molar-refractivity contribution in [3.8, 4) is 0 Å². The lowest BCUT2D eigenvalue weighted by Gasteiger charge is -2.22. The number of rotatable bonds is 4. The predicted octanol–water partition coefficient (Wildman–Crippen LogP) is 3.89. The van der Waals surface area contributed by atoms with Gasteiger partial charge in [-0.1, -0.05) is 18.2 Å². The summed E-state index contributed by atoms with van der Waals surface area (Å²) in [6.07, 6.45) is 5.00. The first kappa shape index (κ1) is 17.3. The molecule has 1 aliphatic heterocycles. The molecule has 4 nitrogen and oxygen atoms in total. The number of para-hydroxylation sites is 1. The van der Waals surface area contributed by atoms with Crippen LogP contribution in [0.15, 0.2) is 42.7 Å². The van der Waals surface area contributed by atoms with E-state index in [0.717, 1.165) is 26.2 Å². The van der Waals surface area contributed by atoms with Crippen molar-refractivity contribution < 1.29 is 0 Å². The minimum absolute atomic E-state index is 1.03.